The van der Waals surface area contributed by atoms with Gasteiger partial charge in [-0.1, -0.05) is 6.92 Å². The van der Waals surface area contributed by atoms with E-state index in [1.54, 1.807) is 11.8 Å². The number of ether oxygens (including phenoxy) is 1. The fraction of sp³-hybridized carbons (Fsp3) is 0.357. The van der Waals surface area contributed by atoms with Crippen molar-refractivity contribution in [3.05, 3.63) is 41.7 Å². The molecule has 0 saturated heterocycles. The van der Waals surface area contributed by atoms with Gasteiger partial charge in [0.05, 0.1) is 6.61 Å². The molecule has 1 aromatic carbocycles. The van der Waals surface area contributed by atoms with Gasteiger partial charge in [0.15, 0.2) is 5.76 Å². The molecule has 0 aromatic heterocycles. The van der Waals surface area contributed by atoms with Crippen LogP contribution in [0.15, 0.2) is 41.0 Å². The van der Waals surface area contributed by atoms with Crippen LogP contribution >= 0.6 is 11.8 Å². The van der Waals surface area contributed by atoms with E-state index in [9.17, 15) is 4.79 Å². The van der Waals surface area contributed by atoms with E-state index in [1.165, 1.54) is 4.90 Å². The predicted molar refractivity (Wildman–Crippen MR) is 70.4 cm³/mol. The Hall–Kier alpha value is -1.22. The molecular formula is C14H16O2S. The van der Waals surface area contributed by atoms with Gasteiger partial charge >= 0.3 is 0 Å². The topological polar surface area (TPSA) is 26.3 Å². The van der Waals surface area contributed by atoms with E-state index in [4.69, 9.17) is 4.74 Å². The lowest BCUT2D eigenvalue weighted by Crippen LogP contribution is -2.11. The summed E-state index contributed by atoms with van der Waals surface area (Å²) in [5.41, 5.74) is 0.707. The summed E-state index contributed by atoms with van der Waals surface area (Å²) in [6.07, 6.45) is 3.83. The monoisotopic (exact) mass is 248 g/mol. The summed E-state index contributed by atoms with van der Waals surface area (Å²) >= 11 is 1.77. The van der Waals surface area contributed by atoms with Gasteiger partial charge in [0, 0.05) is 10.5 Å². The van der Waals surface area contributed by atoms with Crippen LogP contribution in [0.4, 0.5) is 0 Å². The normalized spacial score (nSPS) is 15.0. The molecule has 3 heteroatoms. The first-order chi connectivity index (χ1) is 8.31. The maximum atomic E-state index is 12.1. The SMILES string of the molecule is CCSc1ccc(C(=O)C2=CCCCO2)cc1. The highest BCUT2D eigenvalue weighted by molar-refractivity contribution is 7.99. The van der Waals surface area contributed by atoms with Gasteiger partial charge < -0.3 is 4.74 Å². The quantitative estimate of drug-likeness (QED) is 0.600. The third kappa shape index (κ3) is 3.13. The van der Waals surface area contributed by atoms with Crippen LogP contribution in [0, 0.1) is 0 Å². The number of carbonyl (C=O) groups excluding carboxylic acids is 1. The largest absolute Gasteiger partial charge is 0.490 e. The number of hydrogen-bond donors (Lipinski definition) is 0. The molecule has 0 atom stereocenters. The molecule has 90 valence electrons. The van der Waals surface area contributed by atoms with Crippen molar-refractivity contribution in [2.75, 3.05) is 12.4 Å². The Morgan fingerprint density at radius 3 is 2.71 bits per heavy atom. The molecule has 0 N–H and O–H groups in total. The van der Waals surface area contributed by atoms with Crippen molar-refractivity contribution in [1.82, 2.24) is 0 Å². The van der Waals surface area contributed by atoms with Crippen LogP contribution in [0.1, 0.15) is 30.1 Å². The first kappa shape index (κ1) is 12.2. The number of carbonyl (C=O) groups is 1. The van der Waals surface area contributed by atoms with Gasteiger partial charge in [-0.05, 0) is 48.9 Å². The summed E-state index contributed by atoms with van der Waals surface area (Å²) in [5.74, 6) is 1.55. The van der Waals surface area contributed by atoms with E-state index >= 15 is 0 Å². The van der Waals surface area contributed by atoms with Crippen molar-refractivity contribution in [2.24, 2.45) is 0 Å². The summed E-state index contributed by atoms with van der Waals surface area (Å²) in [6.45, 7) is 2.77. The average molecular weight is 248 g/mol. The molecule has 0 saturated carbocycles. The Bertz CT molecular complexity index is 420. The molecule has 0 unspecified atom stereocenters. The average Bonchev–Trinajstić information content (AvgIpc) is 2.40. The van der Waals surface area contributed by atoms with Crippen LogP contribution in [0.5, 0.6) is 0 Å². The van der Waals surface area contributed by atoms with Crippen LogP contribution in [0.3, 0.4) is 0 Å². The van der Waals surface area contributed by atoms with Crippen molar-refractivity contribution in [3.8, 4) is 0 Å². The highest BCUT2D eigenvalue weighted by atomic mass is 32.2. The van der Waals surface area contributed by atoms with E-state index in [0.29, 0.717) is 17.9 Å². The third-order valence-electron chi connectivity index (χ3n) is 2.59. The molecule has 0 amide bonds. The molecule has 17 heavy (non-hydrogen) atoms. The highest BCUT2D eigenvalue weighted by Crippen LogP contribution is 2.20. The second-order valence-corrected chi connectivity index (χ2v) is 5.18. The zero-order valence-electron chi connectivity index (χ0n) is 9.94. The highest BCUT2D eigenvalue weighted by Gasteiger charge is 2.15. The number of allylic oxidation sites excluding steroid dienone is 2. The molecule has 0 radical (unpaired) electrons. The summed E-state index contributed by atoms with van der Waals surface area (Å²) in [5, 5.41) is 0. The Kier molecular flexibility index (Phi) is 4.26. The molecule has 0 spiro atoms. The fourth-order valence-electron chi connectivity index (χ4n) is 1.73. The zero-order chi connectivity index (χ0) is 12.1. The van der Waals surface area contributed by atoms with E-state index in [0.717, 1.165) is 18.6 Å². The first-order valence-corrected chi connectivity index (χ1v) is 6.90. The van der Waals surface area contributed by atoms with Crippen LogP contribution in [0.2, 0.25) is 0 Å². The van der Waals surface area contributed by atoms with E-state index in [-0.39, 0.29) is 5.78 Å². The van der Waals surface area contributed by atoms with E-state index in [2.05, 4.69) is 6.92 Å². The van der Waals surface area contributed by atoms with Gasteiger partial charge in [0.2, 0.25) is 5.78 Å². The molecule has 0 fully saturated rings. The van der Waals surface area contributed by atoms with Gasteiger partial charge in [-0.15, -0.1) is 11.8 Å². The van der Waals surface area contributed by atoms with Crippen molar-refractivity contribution in [3.63, 3.8) is 0 Å². The summed E-state index contributed by atoms with van der Waals surface area (Å²) < 4.78 is 5.38. The van der Waals surface area contributed by atoms with E-state index in [1.807, 2.05) is 30.3 Å². The Labute approximate surface area is 106 Å². The minimum absolute atomic E-state index is 0.00208. The van der Waals surface area contributed by atoms with E-state index < -0.39 is 0 Å². The van der Waals surface area contributed by atoms with Gasteiger partial charge in [-0.3, -0.25) is 4.79 Å². The van der Waals surface area contributed by atoms with Gasteiger partial charge in [-0.25, -0.2) is 0 Å². The maximum Gasteiger partial charge on any atom is 0.227 e. The second kappa shape index (κ2) is 5.92. The fourth-order valence-corrected chi connectivity index (χ4v) is 2.39. The number of benzene rings is 1. The molecular weight excluding hydrogens is 232 g/mol. The van der Waals surface area contributed by atoms with Gasteiger partial charge in [-0.2, -0.15) is 0 Å². The minimum atomic E-state index is -0.00208. The molecule has 2 rings (SSSR count). The van der Waals surface area contributed by atoms with Crippen molar-refractivity contribution in [1.29, 1.82) is 0 Å². The number of Topliss-reactive ketones (excluding diaryl/α,β-unsaturated/α-hetero) is 1. The predicted octanol–water partition coefficient (Wildman–Crippen LogP) is 3.68. The molecule has 1 aliphatic rings. The lowest BCUT2D eigenvalue weighted by Gasteiger charge is -2.13. The number of hydrogen-bond acceptors (Lipinski definition) is 3. The Balaban J connectivity index is 2.11. The standard InChI is InChI=1S/C14H16O2S/c1-2-17-12-8-6-11(7-9-12)14(15)13-5-3-4-10-16-13/h5-9H,2-4,10H2,1H3. The lowest BCUT2D eigenvalue weighted by molar-refractivity contribution is 0.0899. The summed E-state index contributed by atoms with van der Waals surface area (Å²) in [7, 11) is 0. The smallest absolute Gasteiger partial charge is 0.227 e. The minimum Gasteiger partial charge on any atom is -0.490 e. The summed E-state index contributed by atoms with van der Waals surface area (Å²) in [4.78, 5) is 13.3. The summed E-state index contributed by atoms with van der Waals surface area (Å²) in [6, 6.07) is 7.73. The third-order valence-corrected chi connectivity index (χ3v) is 3.48. The molecule has 1 aliphatic heterocycles. The van der Waals surface area contributed by atoms with Gasteiger partial charge in [0.25, 0.3) is 0 Å². The Morgan fingerprint density at radius 1 is 1.35 bits per heavy atom. The van der Waals surface area contributed by atoms with Crippen LogP contribution in [-0.4, -0.2) is 18.1 Å². The van der Waals surface area contributed by atoms with Crippen LogP contribution < -0.4 is 0 Å². The molecule has 0 bridgehead atoms. The Morgan fingerprint density at radius 2 is 2.12 bits per heavy atom. The number of rotatable bonds is 4. The van der Waals surface area contributed by atoms with Crippen molar-refractivity contribution in [2.45, 2.75) is 24.7 Å². The lowest BCUT2D eigenvalue weighted by atomic mass is 10.1. The molecule has 2 nitrogen and oxygen atoms in total. The van der Waals surface area contributed by atoms with Crippen molar-refractivity contribution >= 4 is 17.5 Å². The maximum absolute atomic E-state index is 12.1. The molecule has 0 aliphatic carbocycles. The van der Waals surface area contributed by atoms with Crippen LogP contribution in [0.25, 0.3) is 0 Å². The first-order valence-electron chi connectivity index (χ1n) is 5.92. The number of thioether (sulfide) groups is 1. The van der Waals surface area contributed by atoms with Crippen molar-refractivity contribution < 1.29 is 9.53 Å². The molecule has 1 heterocycles. The second-order valence-electron chi connectivity index (χ2n) is 3.85. The van der Waals surface area contributed by atoms with Gasteiger partial charge in [0.1, 0.15) is 0 Å². The zero-order valence-corrected chi connectivity index (χ0v) is 10.8. The number of ketones is 1. The molecule has 1 aromatic rings. The van der Waals surface area contributed by atoms with Crippen LogP contribution in [-0.2, 0) is 4.74 Å².